The summed E-state index contributed by atoms with van der Waals surface area (Å²) in [7, 11) is 0. The van der Waals surface area contributed by atoms with Gasteiger partial charge in [-0.15, -0.1) is 0 Å². The summed E-state index contributed by atoms with van der Waals surface area (Å²) in [6, 6.07) is 0. The van der Waals surface area contributed by atoms with E-state index in [-0.39, 0.29) is 5.78 Å². The molecular formula is C23H28O. The molecule has 0 N–H and O–H groups in total. The van der Waals surface area contributed by atoms with Crippen molar-refractivity contribution in [3.8, 4) is 0 Å². The fraction of sp³-hybridized carbons (Fsp3) is 0.174. The molecule has 0 heterocycles. The molecule has 1 nitrogen and oxygen atoms in total. The van der Waals surface area contributed by atoms with Crippen LogP contribution < -0.4 is 0 Å². The molecule has 0 fully saturated rings. The SMILES string of the molecule is C=C(/C=C\C(=C)C(=C)/C=C(/C)C(=C)C(=C)/C=C\C(=C)C(C)=O)CC. The van der Waals surface area contributed by atoms with Crippen molar-refractivity contribution in [1.29, 1.82) is 0 Å². The van der Waals surface area contributed by atoms with Gasteiger partial charge in [-0.2, -0.15) is 0 Å². The minimum atomic E-state index is -0.0675. The molecule has 0 rings (SSSR count). The fourth-order valence-corrected chi connectivity index (χ4v) is 1.56. The van der Waals surface area contributed by atoms with Crippen LogP contribution in [0.2, 0.25) is 0 Å². The summed E-state index contributed by atoms with van der Waals surface area (Å²) in [6.45, 7) is 29.1. The molecule has 1 heteroatoms. The van der Waals surface area contributed by atoms with Crippen molar-refractivity contribution in [1.82, 2.24) is 0 Å². The van der Waals surface area contributed by atoms with Crippen LogP contribution in [0.5, 0.6) is 0 Å². The van der Waals surface area contributed by atoms with E-state index in [2.05, 4.69) is 46.4 Å². The predicted octanol–water partition coefficient (Wildman–Crippen LogP) is 6.38. The smallest absolute Gasteiger partial charge is 0.159 e. The topological polar surface area (TPSA) is 17.1 Å². The van der Waals surface area contributed by atoms with Crippen molar-refractivity contribution in [3.63, 3.8) is 0 Å². The number of Topliss-reactive ketones (excluding diaryl/α,β-unsaturated/α-hetero) is 1. The lowest BCUT2D eigenvalue weighted by Crippen LogP contribution is -1.92. The summed E-state index contributed by atoms with van der Waals surface area (Å²) >= 11 is 0. The Labute approximate surface area is 147 Å². The maximum Gasteiger partial charge on any atom is 0.159 e. The molecule has 0 aliphatic rings. The molecule has 24 heavy (non-hydrogen) atoms. The Morgan fingerprint density at radius 3 is 1.75 bits per heavy atom. The highest BCUT2D eigenvalue weighted by molar-refractivity contribution is 5.95. The molecular weight excluding hydrogens is 292 g/mol. The number of hydrogen-bond donors (Lipinski definition) is 0. The summed E-state index contributed by atoms with van der Waals surface area (Å²) in [6.07, 6.45) is 10.1. The van der Waals surface area contributed by atoms with E-state index >= 15 is 0 Å². The second-order valence-electron chi connectivity index (χ2n) is 5.64. The van der Waals surface area contributed by atoms with Gasteiger partial charge in [0.2, 0.25) is 0 Å². The van der Waals surface area contributed by atoms with Crippen molar-refractivity contribution >= 4 is 5.78 Å². The lowest BCUT2D eigenvalue weighted by Gasteiger charge is -2.08. The molecule has 0 saturated heterocycles. The Hall–Kier alpha value is -2.67. The van der Waals surface area contributed by atoms with Gasteiger partial charge in [-0.1, -0.05) is 82.4 Å². The maximum absolute atomic E-state index is 11.2. The van der Waals surface area contributed by atoms with E-state index in [1.807, 2.05) is 25.2 Å². The number of allylic oxidation sites excluding steroid dienone is 12. The Kier molecular flexibility index (Phi) is 9.04. The normalized spacial score (nSPS) is 11.5. The fourth-order valence-electron chi connectivity index (χ4n) is 1.56. The molecule has 0 unspecified atom stereocenters. The first kappa shape index (κ1) is 21.3. The van der Waals surface area contributed by atoms with Crippen LogP contribution in [0, 0.1) is 0 Å². The van der Waals surface area contributed by atoms with E-state index in [1.54, 1.807) is 12.2 Å². The van der Waals surface area contributed by atoms with Gasteiger partial charge in [0.25, 0.3) is 0 Å². The molecule has 0 aromatic heterocycles. The van der Waals surface area contributed by atoms with Crippen molar-refractivity contribution in [2.24, 2.45) is 0 Å². The van der Waals surface area contributed by atoms with Crippen LogP contribution in [-0.4, -0.2) is 5.78 Å². The zero-order chi connectivity index (χ0) is 18.9. The standard InChI is InChI=1S/C23H28O/c1-10-16(2)11-12-17(3)20(6)15-21(7)22(8)18(4)13-14-19(5)23(9)24/h11-15H,2-6,8,10H2,1,7,9H3/b12-11-,14-13-,21-15-. The molecule has 0 aromatic carbocycles. The molecule has 0 aliphatic heterocycles. The van der Waals surface area contributed by atoms with E-state index in [0.717, 1.165) is 39.9 Å². The van der Waals surface area contributed by atoms with Crippen LogP contribution in [0.25, 0.3) is 0 Å². The van der Waals surface area contributed by atoms with Gasteiger partial charge in [0.1, 0.15) is 0 Å². The Morgan fingerprint density at radius 2 is 1.25 bits per heavy atom. The van der Waals surface area contributed by atoms with Crippen molar-refractivity contribution in [2.45, 2.75) is 27.2 Å². The third-order valence-corrected chi connectivity index (χ3v) is 3.58. The van der Waals surface area contributed by atoms with Gasteiger partial charge in [-0.3, -0.25) is 4.79 Å². The van der Waals surface area contributed by atoms with Gasteiger partial charge in [-0.25, -0.2) is 0 Å². The number of carbonyl (C=O) groups is 1. The Balaban J connectivity index is 5.00. The quantitative estimate of drug-likeness (QED) is 0.337. The van der Waals surface area contributed by atoms with Gasteiger partial charge in [-0.05, 0) is 48.1 Å². The van der Waals surface area contributed by atoms with E-state index in [1.165, 1.54) is 6.92 Å². The van der Waals surface area contributed by atoms with Crippen LogP contribution in [-0.2, 0) is 4.79 Å². The highest BCUT2D eigenvalue weighted by Gasteiger charge is 2.03. The van der Waals surface area contributed by atoms with Gasteiger partial charge >= 0.3 is 0 Å². The van der Waals surface area contributed by atoms with Gasteiger partial charge in [0.15, 0.2) is 5.78 Å². The van der Waals surface area contributed by atoms with Gasteiger partial charge in [0.05, 0.1) is 0 Å². The third-order valence-electron chi connectivity index (χ3n) is 3.58. The molecule has 0 radical (unpaired) electrons. The predicted molar refractivity (Wildman–Crippen MR) is 108 cm³/mol. The van der Waals surface area contributed by atoms with Crippen LogP contribution in [0.4, 0.5) is 0 Å². The molecule has 0 saturated carbocycles. The summed E-state index contributed by atoms with van der Waals surface area (Å²) in [5.74, 6) is -0.0675. The van der Waals surface area contributed by atoms with Gasteiger partial charge < -0.3 is 0 Å². The zero-order valence-corrected chi connectivity index (χ0v) is 15.2. The number of hydrogen-bond acceptors (Lipinski definition) is 1. The highest BCUT2D eigenvalue weighted by Crippen LogP contribution is 2.21. The number of rotatable bonds is 10. The third kappa shape index (κ3) is 7.55. The van der Waals surface area contributed by atoms with E-state index in [4.69, 9.17) is 0 Å². The van der Waals surface area contributed by atoms with E-state index in [9.17, 15) is 4.79 Å². The number of ketones is 1. The summed E-state index contributed by atoms with van der Waals surface area (Å²) in [5, 5.41) is 0. The molecule has 0 aromatic rings. The van der Waals surface area contributed by atoms with Crippen molar-refractivity contribution < 1.29 is 4.79 Å². The monoisotopic (exact) mass is 320 g/mol. The zero-order valence-electron chi connectivity index (χ0n) is 15.2. The van der Waals surface area contributed by atoms with Crippen LogP contribution >= 0.6 is 0 Å². The van der Waals surface area contributed by atoms with Gasteiger partial charge in [0, 0.05) is 5.57 Å². The van der Waals surface area contributed by atoms with Crippen LogP contribution in [0.15, 0.2) is 109 Å². The maximum atomic E-state index is 11.2. The lowest BCUT2D eigenvalue weighted by molar-refractivity contribution is -0.113. The van der Waals surface area contributed by atoms with E-state index in [0.29, 0.717) is 5.57 Å². The second kappa shape index (κ2) is 10.2. The largest absolute Gasteiger partial charge is 0.295 e. The molecule has 126 valence electrons. The Morgan fingerprint density at radius 1 is 0.750 bits per heavy atom. The average molecular weight is 320 g/mol. The summed E-state index contributed by atoms with van der Waals surface area (Å²) in [4.78, 5) is 11.2. The Bertz CT molecular complexity index is 688. The minimum Gasteiger partial charge on any atom is -0.295 e. The second-order valence-corrected chi connectivity index (χ2v) is 5.64. The van der Waals surface area contributed by atoms with Crippen molar-refractivity contribution in [2.75, 3.05) is 0 Å². The summed E-state index contributed by atoms with van der Waals surface area (Å²) in [5.41, 5.74) is 5.54. The molecule has 0 aliphatic carbocycles. The lowest BCUT2D eigenvalue weighted by atomic mass is 9.97. The first-order valence-electron chi connectivity index (χ1n) is 7.78. The van der Waals surface area contributed by atoms with Crippen LogP contribution in [0.3, 0.4) is 0 Å². The van der Waals surface area contributed by atoms with E-state index < -0.39 is 0 Å². The average Bonchev–Trinajstić information content (AvgIpc) is 2.55. The molecule has 0 spiro atoms. The molecule has 0 bridgehead atoms. The molecule has 0 amide bonds. The summed E-state index contributed by atoms with van der Waals surface area (Å²) < 4.78 is 0. The van der Waals surface area contributed by atoms with Crippen molar-refractivity contribution in [3.05, 3.63) is 109 Å². The highest BCUT2D eigenvalue weighted by atomic mass is 16.1. The minimum absolute atomic E-state index is 0.0675. The number of carbonyl (C=O) groups excluding carboxylic acids is 1. The molecule has 0 atom stereocenters. The first-order valence-corrected chi connectivity index (χ1v) is 7.78. The first-order chi connectivity index (χ1) is 11.1. The van der Waals surface area contributed by atoms with Crippen LogP contribution in [0.1, 0.15) is 27.2 Å².